The molecule has 1 rings (SSSR count). The van der Waals surface area contributed by atoms with Crippen molar-refractivity contribution >= 4 is 0 Å². The maximum absolute atomic E-state index is 5.76. The van der Waals surface area contributed by atoms with Crippen LogP contribution in [-0.4, -0.2) is 23.3 Å². The van der Waals surface area contributed by atoms with Gasteiger partial charge in [-0.15, -0.1) is 0 Å². The van der Waals surface area contributed by atoms with E-state index in [1.54, 1.807) is 0 Å². The average Bonchev–Trinajstić information content (AvgIpc) is 2.70. The van der Waals surface area contributed by atoms with Gasteiger partial charge in [-0.05, 0) is 18.8 Å². The highest BCUT2D eigenvalue weighted by Gasteiger charge is 2.23. The Balaban J connectivity index is 2.65. The molecule has 1 unspecified atom stereocenters. The third-order valence-corrected chi connectivity index (χ3v) is 2.41. The maximum Gasteiger partial charge on any atom is 0.231 e. The Labute approximate surface area is 103 Å². The van der Waals surface area contributed by atoms with Gasteiger partial charge in [0.05, 0.1) is 5.92 Å². The van der Waals surface area contributed by atoms with Crippen molar-refractivity contribution in [2.24, 2.45) is 11.1 Å². The van der Waals surface area contributed by atoms with Crippen molar-refractivity contribution in [2.45, 2.75) is 46.6 Å². The summed E-state index contributed by atoms with van der Waals surface area (Å²) in [7, 11) is 0. The van der Waals surface area contributed by atoms with Crippen LogP contribution in [0.4, 0.5) is 0 Å². The predicted molar refractivity (Wildman–Crippen MR) is 65.5 cm³/mol. The van der Waals surface area contributed by atoms with Crippen molar-refractivity contribution in [3.8, 4) is 0 Å². The zero-order valence-corrected chi connectivity index (χ0v) is 11.2. The largest absolute Gasteiger partial charge is 0.374 e. The van der Waals surface area contributed by atoms with Gasteiger partial charge in [-0.1, -0.05) is 25.9 Å². The first-order valence-corrected chi connectivity index (χ1v) is 6.06. The summed E-state index contributed by atoms with van der Waals surface area (Å²) < 4.78 is 10.5. The Morgan fingerprint density at radius 1 is 1.41 bits per heavy atom. The summed E-state index contributed by atoms with van der Waals surface area (Å²) in [4.78, 5) is 4.32. The zero-order valence-electron chi connectivity index (χ0n) is 11.2. The van der Waals surface area contributed by atoms with Gasteiger partial charge in [0.25, 0.3) is 0 Å². The molecule has 1 aromatic heterocycles. The Hall–Kier alpha value is -0.940. The second-order valence-corrected chi connectivity index (χ2v) is 5.38. The quantitative estimate of drug-likeness (QED) is 0.825. The van der Waals surface area contributed by atoms with Gasteiger partial charge in [0.2, 0.25) is 5.89 Å². The lowest BCUT2D eigenvalue weighted by molar-refractivity contribution is 0.126. The second kappa shape index (κ2) is 6.12. The molecule has 1 atom stereocenters. The normalized spacial score (nSPS) is 13.9. The molecule has 0 aliphatic carbocycles. The highest BCUT2D eigenvalue weighted by Crippen LogP contribution is 2.29. The highest BCUT2D eigenvalue weighted by molar-refractivity contribution is 4.95. The third-order valence-electron chi connectivity index (χ3n) is 2.41. The van der Waals surface area contributed by atoms with Gasteiger partial charge in [0.1, 0.15) is 6.61 Å². The second-order valence-electron chi connectivity index (χ2n) is 5.38. The van der Waals surface area contributed by atoms with Crippen LogP contribution in [0, 0.1) is 5.41 Å². The molecule has 5 heteroatoms. The first-order chi connectivity index (χ1) is 7.96. The van der Waals surface area contributed by atoms with Crippen molar-refractivity contribution < 1.29 is 9.26 Å². The summed E-state index contributed by atoms with van der Waals surface area (Å²) in [5, 5.41) is 3.89. The van der Waals surface area contributed by atoms with Crippen LogP contribution >= 0.6 is 0 Å². The van der Waals surface area contributed by atoms with E-state index in [1.165, 1.54) is 0 Å². The van der Waals surface area contributed by atoms with Crippen molar-refractivity contribution in [1.82, 2.24) is 10.1 Å². The smallest absolute Gasteiger partial charge is 0.231 e. The molecule has 17 heavy (non-hydrogen) atoms. The van der Waals surface area contributed by atoms with E-state index in [4.69, 9.17) is 15.0 Å². The fraction of sp³-hybridized carbons (Fsp3) is 0.833. The van der Waals surface area contributed by atoms with Crippen LogP contribution in [0.2, 0.25) is 0 Å². The molecular weight excluding hydrogens is 218 g/mol. The maximum atomic E-state index is 5.76. The predicted octanol–water partition coefficient (Wildman–Crippen LogP) is 2.08. The van der Waals surface area contributed by atoms with E-state index in [0.29, 0.717) is 31.5 Å². The van der Waals surface area contributed by atoms with Crippen LogP contribution in [0.15, 0.2) is 4.52 Å². The summed E-state index contributed by atoms with van der Waals surface area (Å²) in [5.41, 5.74) is 5.96. The number of nitrogens with zero attached hydrogens (tertiary/aromatic N) is 2. The molecular formula is C12H23N3O2. The Kier molecular flexibility index (Phi) is 5.08. The van der Waals surface area contributed by atoms with Crippen LogP contribution in [0.5, 0.6) is 0 Å². The Bertz CT molecular complexity index is 331. The summed E-state index contributed by atoms with van der Waals surface area (Å²) in [6.07, 6.45) is 0.930. The molecule has 1 heterocycles. The van der Waals surface area contributed by atoms with Gasteiger partial charge in [0, 0.05) is 13.2 Å². The minimum atomic E-state index is 0.123. The van der Waals surface area contributed by atoms with Crippen LogP contribution < -0.4 is 5.73 Å². The topological polar surface area (TPSA) is 74.2 Å². The molecule has 0 bridgehead atoms. The van der Waals surface area contributed by atoms with Crippen LogP contribution in [0.1, 0.15) is 51.7 Å². The summed E-state index contributed by atoms with van der Waals surface area (Å²) in [6.45, 7) is 10.0. The van der Waals surface area contributed by atoms with E-state index in [9.17, 15) is 0 Å². The van der Waals surface area contributed by atoms with Gasteiger partial charge in [-0.25, -0.2) is 0 Å². The van der Waals surface area contributed by atoms with E-state index in [0.717, 1.165) is 6.42 Å². The summed E-state index contributed by atoms with van der Waals surface area (Å²) in [6, 6.07) is 0. The van der Waals surface area contributed by atoms with Crippen molar-refractivity contribution in [3.05, 3.63) is 11.7 Å². The Morgan fingerprint density at radius 2 is 2.12 bits per heavy atom. The number of hydrogen-bond donors (Lipinski definition) is 1. The molecule has 0 aliphatic heterocycles. The van der Waals surface area contributed by atoms with Gasteiger partial charge in [-0.3, -0.25) is 0 Å². The number of ether oxygens (including phenoxy) is 1. The summed E-state index contributed by atoms with van der Waals surface area (Å²) in [5.74, 6) is 1.34. The monoisotopic (exact) mass is 241 g/mol. The SMILES string of the molecule is CCOCc1noc(C(CN)CC(C)(C)C)n1. The van der Waals surface area contributed by atoms with Crippen molar-refractivity contribution in [3.63, 3.8) is 0 Å². The van der Waals surface area contributed by atoms with Gasteiger partial charge >= 0.3 is 0 Å². The molecule has 98 valence electrons. The third kappa shape index (κ3) is 4.83. The molecule has 0 aliphatic rings. The molecule has 0 fully saturated rings. The van der Waals surface area contributed by atoms with E-state index < -0.39 is 0 Å². The van der Waals surface area contributed by atoms with Crippen LogP contribution in [-0.2, 0) is 11.3 Å². The Morgan fingerprint density at radius 3 is 2.65 bits per heavy atom. The van der Waals surface area contributed by atoms with Crippen molar-refractivity contribution in [1.29, 1.82) is 0 Å². The lowest BCUT2D eigenvalue weighted by atomic mass is 9.84. The fourth-order valence-electron chi connectivity index (χ4n) is 1.70. The minimum absolute atomic E-state index is 0.123. The molecule has 0 saturated carbocycles. The van der Waals surface area contributed by atoms with Gasteiger partial charge < -0.3 is 15.0 Å². The molecule has 0 radical (unpaired) electrons. The van der Waals surface area contributed by atoms with E-state index in [1.807, 2.05) is 6.92 Å². The fourth-order valence-corrected chi connectivity index (χ4v) is 1.70. The lowest BCUT2D eigenvalue weighted by Gasteiger charge is -2.22. The van der Waals surface area contributed by atoms with Gasteiger partial charge in [-0.2, -0.15) is 4.98 Å². The molecule has 5 nitrogen and oxygen atoms in total. The van der Waals surface area contributed by atoms with Crippen LogP contribution in [0.3, 0.4) is 0 Å². The number of aromatic nitrogens is 2. The standard InChI is InChI=1S/C12H23N3O2/c1-5-16-8-10-14-11(17-15-10)9(7-13)6-12(2,3)4/h9H,5-8,13H2,1-4H3. The first kappa shape index (κ1) is 14.1. The molecule has 0 saturated heterocycles. The molecule has 1 aromatic rings. The van der Waals surface area contributed by atoms with E-state index >= 15 is 0 Å². The highest BCUT2D eigenvalue weighted by atomic mass is 16.5. The summed E-state index contributed by atoms with van der Waals surface area (Å²) >= 11 is 0. The molecule has 0 amide bonds. The van der Waals surface area contributed by atoms with Gasteiger partial charge in [0.15, 0.2) is 5.82 Å². The zero-order chi connectivity index (χ0) is 12.9. The van der Waals surface area contributed by atoms with E-state index in [-0.39, 0.29) is 11.3 Å². The average molecular weight is 241 g/mol. The number of hydrogen-bond acceptors (Lipinski definition) is 5. The first-order valence-electron chi connectivity index (χ1n) is 6.06. The number of nitrogens with two attached hydrogens (primary N) is 1. The minimum Gasteiger partial charge on any atom is -0.374 e. The van der Waals surface area contributed by atoms with Crippen LogP contribution in [0.25, 0.3) is 0 Å². The molecule has 0 spiro atoms. The lowest BCUT2D eigenvalue weighted by Crippen LogP contribution is -2.19. The van der Waals surface area contributed by atoms with E-state index in [2.05, 4.69) is 30.9 Å². The molecule has 0 aromatic carbocycles. The van der Waals surface area contributed by atoms with Crippen molar-refractivity contribution in [2.75, 3.05) is 13.2 Å². The molecule has 2 N–H and O–H groups in total. The number of rotatable bonds is 6.